The summed E-state index contributed by atoms with van der Waals surface area (Å²) >= 11 is 0.854. The van der Waals surface area contributed by atoms with Crippen LogP contribution in [0, 0.1) is 5.92 Å². The molecule has 0 aromatic carbocycles. The van der Waals surface area contributed by atoms with Crippen LogP contribution in [0.5, 0.6) is 0 Å². The molecular formula is C9H9F6NS. The maximum atomic E-state index is 12.5. The molecule has 0 aliphatic heterocycles. The molecule has 0 saturated heterocycles. The van der Waals surface area contributed by atoms with Crippen LogP contribution < -0.4 is 5.32 Å². The standard InChI is InChI=1S/C9H9F6NS/c1-16-6(5-3-2-4-17-5)7(8(10,11)12)9(13,14)15/h2-4,6-7,16H,1H3. The Morgan fingerprint density at radius 2 is 1.65 bits per heavy atom. The highest BCUT2D eigenvalue weighted by Crippen LogP contribution is 2.46. The van der Waals surface area contributed by atoms with E-state index in [1.165, 1.54) is 17.5 Å². The first-order valence-electron chi connectivity index (χ1n) is 4.52. The second-order valence-corrected chi connectivity index (χ2v) is 4.32. The molecule has 0 saturated carbocycles. The average molecular weight is 277 g/mol. The molecule has 0 aliphatic rings. The smallest absolute Gasteiger partial charge is 0.312 e. The largest absolute Gasteiger partial charge is 0.402 e. The van der Waals surface area contributed by atoms with Crippen molar-refractivity contribution in [3.05, 3.63) is 22.4 Å². The maximum Gasteiger partial charge on any atom is 0.402 e. The van der Waals surface area contributed by atoms with Crippen LogP contribution >= 0.6 is 11.3 Å². The number of nitrogens with one attached hydrogen (secondary N) is 1. The Hall–Kier alpha value is -0.760. The number of alkyl halides is 6. The molecule has 0 bridgehead atoms. The first-order valence-corrected chi connectivity index (χ1v) is 5.40. The van der Waals surface area contributed by atoms with Crippen LogP contribution in [0.2, 0.25) is 0 Å². The van der Waals surface area contributed by atoms with Gasteiger partial charge in [-0.1, -0.05) is 6.07 Å². The zero-order valence-electron chi connectivity index (χ0n) is 8.56. The molecule has 17 heavy (non-hydrogen) atoms. The molecule has 98 valence electrons. The van der Waals surface area contributed by atoms with E-state index in [-0.39, 0.29) is 4.88 Å². The lowest BCUT2D eigenvalue weighted by Gasteiger charge is -2.29. The quantitative estimate of drug-likeness (QED) is 0.830. The fourth-order valence-corrected chi connectivity index (χ4v) is 2.38. The van der Waals surface area contributed by atoms with Gasteiger partial charge in [0.25, 0.3) is 0 Å². The predicted molar refractivity (Wildman–Crippen MR) is 51.7 cm³/mol. The van der Waals surface area contributed by atoms with Gasteiger partial charge in [-0.3, -0.25) is 0 Å². The van der Waals surface area contributed by atoms with Crippen molar-refractivity contribution in [2.45, 2.75) is 18.4 Å². The van der Waals surface area contributed by atoms with E-state index in [1.807, 2.05) is 0 Å². The Bertz CT molecular complexity index is 327. The van der Waals surface area contributed by atoms with Crippen LogP contribution in [-0.4, -0.2) is 19.4 Å². The van der Waals surface area contributed by atoms with Crippen LogP contribution in [-0.2, 0) is 0 Å². The third-order valence-electron chi connectivity index (χ3n) is 2.20. The lowest BCUT2D eigenvalue weighted by Crippen LogP contribution is -2.44. The van der Waals surface area contributed by atoms with E-state index in [2.05, 4.69) is 5.32 Å². The lowest BCUT2D eigenvalue weighted by atomic mass is 9.97. The van der Waals surface area contributed by atoms with Gasteiger partial charge in [-0.05, 0) is 18.5 Å². The van der Waals surface area contributed by atoms with Gasteiger partial charge in [-0.15, -0.1) is 11.3 Å². The molecule has 1 aromatic rings. The van der Waals surface area contributed by atoms with Crippen LogP contribution in [0.15, 0.2) is 17.5 Å². The molecule has 0 fully saturated rings. The Morgan fingerprint density at radius 3 is 1.94 bits per heavy atom. The summed E-state index contributed by atoms with van der Waals surface area (Å²) in [7, 11) is 1.08. The van der Waals surface area contributed by atoms with Gasteiger partial charge in [0, 0.05) is 4.88 Å². The van der Waals surface area contributed by atoms with Crippen molar-refractivity contribution < 1.29 is 26.3 Å². The van der Waals surface area contributed by atoms with Gasteiger partial charge in [0.1, 0.15) is 0 Å². The molecule has 1 atom stereocenters. The highest BCUT2D eigenvalue weighted by atomic mass is 32.1. The maximum absolute atomic E-state index is 12.5. The first-order chi connectivity index (χ1) is 7.68. The van der Waals surface area contributed by atoms with E-state index < -0.39 is 24.3 Å². The van der Waals surface area contributed by atoms with E-state index in [0.717, 1.165) is 18.4 Å². The highest BCUT2D eigenvalue weighted by Gasteiger charge is 2.60. The van der Waals surface area contributed by atoms with Gasteiger partial charge in [0.15, 0.2) is 5.92 Å². The van der Waals surface area contributed by atoms with Crippen molar-refractivity contribution in [3.63, 3.8) is 0 Å². The molecule has 1 aromatic heterocycles. The Balaban J connectivity index is 3.13. The summed E-state index contributed by atoms with van der Waals surface area (Å²) in [6.07, 6.45) is -10.7. The number of thiophene rings is 1. The van der Waals surface area contributed by atoms with Crippen LogP contribution in [0.4, 0.5) is 26.3 Å². The van der Waals surface area contributed by atoms with E-state index in [1.54, 1.807) is 0 Å². The molecule has 0 spiro atoms. The molecule has 0 aliphatic carbocycles. The molecule has 1 N–H and O–H groups in total. The summed E-state index contributed by atoms with van der Waals surface area (Å²) < 4.78 is 74.9. The van der Waals surface area contributed by atoms with Crippen molar-refractivity contribution in [3.8, 4) is 0 Å². The van der Waals surface area contributed by atoms with Gasteiger partial charge in [-0.25, -0.2) is 0 Å². The van der Waals surface area contributed by atoms with Crippen LogP contribution in [0.25, 0.3) is 0 Å². The molecule has 1 rings (SSSR count). The van der Waals surface area contributed by atoms with E-state index in [9.17, 15) is 26.3 Å². The Morgan fingerprint density at radius 1 is 1.12 bits per heavy atom. The number of hydrogen-bond donors (Lipinski definition) is 1. The van der Waals surface area contributed by atoms with E-state index in [4.69, 9.17) is 0 Å². The molecule has 1 unspecified atom stereocenters. The monoisotopic (exact) mass is 277 g/mol. The lowest BCUT2D eigenvalue weighted by molar-refractivity contribution is -0.292. The van der Waals surface area contributed by atoms with Crippen LogP contribution in [0.1, 0.15) is 10.9 Å². The molecule has 0 radical (unpaired) electrons. The summed E-state index contributed by atoms with van der Waals surface area (Å²) in [5.74, 6) is -3.40. The zero-order valence-corrected chi connectivity index (χ0v) is 9.38. The van der Waals surface area contributed by atoms with Gasteiger partial charge >= 0.3 is 12.4 Å². The minimum Gasteiger partial charge on any atom is -0.312 e. The molecule has 0 amide bonds. The zero-order chi connectivity index (χ0) is 13.3. The molecule has 8 heteroatoms. The van der Waals surface area contributed by atoms with Gasteiger partial charge in [-0.2, -0.15) is 26.3 Å². The fraction of sp³-hybridized carbons (Fsp3) is 0.556. The van der Waals surface area contributed by atoms with Gasteiger partial charge in [0.2, 0.25) is 0 Å². The third-order valence-corrected chi connectivity index (χ3v) is 3.15. The second-order valence-electron chi connectivity index (χ2n) is 3.34. The third kappa shape index (κ3) is 3.35. The van der Waals surface area contributed by atoms with Gasteiger partial charge < -0.3 is 5.32 Å². The minimum atomic E-state index is -5.34. The fourth-order valence-electron chi connectivity index (χ4n) is 1.50. The molecule has 1 nitrogen and oxygen atoms in total. The van der Waals surface area contributed by atoms with E-state index in [0.29, 0.717) is 0 Å². The number of halogens is 6. The van der Waals surface area contributed by atoms with E-state index >= 15 is 0 Å². The van der Waals surface area contributed by atoms with Crippen molar-refractivity contribution in [1.29, 1.82) is 0 Å². The number of hydrogen-bond acceptors (Lipinski definition) is 2. The van der Waals surface area contributed by atoms with Crippen molar-refractivity contribution in [2.75, 3.05) is 7.05 Å². The van der Waals surface area contributed by atoms with Crippen LogP contribution in [0.3, 0.4) is 0 Å². The first kappa shape index (κ1) is 14.3. The van der Waals surface area contributed by atoms with Crippen molar-refractivity contribution in [1.82, 2.24) is 5.32 Å². The summed E-state index contributed by atoms with van der Waals surface area (Å²) in [6.45, 7) is 0. The molecular weight excluding hydrogens is 268 g/mol. The minimum absolute atomic E-state index is 0.00662. The average Bonchev–Trinajstić information content (AvgIpc) is 2.61. The normalized spacial score (nSPS) is 15.3. The second kappa shape index (κ2) is 4.85. The highest BCUT2D eigenvalue weighted by molar-refractivity contribution is 7.10. The summed E-state index contributed by atoms with van der Waals surface area (Å²) in [6, 6.07) is 0.847. The van der Waals surface area contributed by atoms with Crippen molar-refractivity contribution >= 4 is 11.3 Å². The predicted octanol–water partition coefficient (Wildman–Crippen LogP) is 3.75. The summed E-state index contributed by atoms with van der Waals surface area (Å²) in [5, 5.41) is 3.52. The molecule has 1 heterocycles. The topological polar surface area (TPSA) is 12.0 Å². The Kier molecular flexibility index (Phi) is 4.08. The SMILES string of the molecule is CNC(c1cccs1)C(C(F)(F)F)C(F)(F)F. The Labute approximate surface area is 97.4 Å². The van der Waals surface area contributed by atoms with Gasteiger partial charge in [0.05, 0.1) is 6.04 Å². The number of rotatable bonds is 3. The van der Waals surface area contributed by atoms with Crippen molar-refractivity contribution in [2.24, 2.45) is 5.92 Å². The summed E-state index contributed by atoms with van der Waals surface area (Å²) in [5.41, 5.74) is 0. The summed E-state index contributed by atoms with van der Waals surface area (Å²) in [4.78, 5) is 0.00662.